The van der Waals surface area contributed by atoms with Crippen LogP contribution in [0.5, 0.6) is 5.75 Å². The first-order valence-corrected chi connectivity index (χ1v) is 9.27. The van der Waals surface area contributed by atoms with Gasteiger partial charge in [0.05, 0.1) is 7.11 Å². The van der Waals surface area contributed by atoms with E-state index in [-0.39, 0.29) is 5.91 Å². The Labute approximate surface area is 165 Å². The Morgan fingerprint density at radius 2 is 1.89 bits per heavy atom. The van der Waals surface area contributed by atoms with Gasteiger partial charge in [-0.15, -0.1) is 0 Å². The Morgan fingerprint density at radius 3 is 2.71 bits per heavy atom. The van der Waals surface area contributed by atoms with Crippen LogP contribution in [-0.4, -0.2) is 24.5 Å². The minimum absolute atomic E-state index is 0.149. The van der Waals surface area contributed by atoms with Crippen LogP contribution in [0.1, 0.15) is 27.0 Å². The van der Waals surface area contributed by atoms with Crippen molar-refractivity contribution in [3.63, 3.8) is 0 Å². The van der Waals surface area contributed by atoms with Crippen molar-refractivity contribution in [2.24, 2.45) is 0 Å². The average molecular weight is 375 g/mol. The number of aromatic nitrogens is 1. The molecule has 5 nitrogen and oxygen atoms in total. The first-order valence-electron chi connectivity index (χ1n) is 9.27. The van der Waals surface area contributed by atoms with Crippen molar-refractivity contribution >= 4 is 17.4 Å². The van der Waals surface area contributed by atoms with Crippen LogP contribution < -0.4 is 15.4 Å². The maximum Gasteiger partial charge on any atom is 0.255 e. The van der Waals surface area contributed by atoms with E-state index in [0.29, 0.717) is 17.9 Å². The number of nitrogens with one attached hydrogen (secondary N) is 2. The fourth-order valence-corrected chi connectivity index (χ4v) is 2.97. The number of pyridine rings is 1. The molecule has 0 spiro atoms. The van der Waals surface area contributed by atoms with Gasteiger partial charge in [0.25, 0.3) is 5.91 Å². The first kappa shape index (κ1) is 19.4. The van der Waals surface area contributed by atoms with Gasteiger partial charge in [0.1, 0.15) is 11.6 Å². The molecule has 2 aromatic carbocycles. The summed E-state index contributed by atoms with van der Waals surface area (Å²) in [6.45, 7) is 4.67. The lowest BCUT2D eigenvalue weighted by Gasteiger charge is -2.11. The van der Waals surface area contributed by atoms with Gasteiger partial charge in [0.15, 0.2) is 0 Å². The maximum absolute atomic E-state index is 12.6. The smallest absolute Gasteiger partial charge is 0.255 e. The number of aryl methyl sites for hydroxylation is 2. The number of hydrogen-bond donors (Lipinski definition) is 2. The zero-order valence-corrected chi connectivity index (χ0v) is 16.5. The van der Waals surface area contributed by atoms with E-state index < -0.39 is 0 Å². The van der Waals surface area contributed by atoms with Gasteiger partial charge in [-0.05, 0) is 61.2 Å². The fraction of sp³-hybridized carbons (Fsp3) is 0.217. The molecule has 0 atom stereocenters. The van der Waals surface area contributed by atoms with Gasteiger partial charge >= 0.3 is 0 Å². The van der Waals surface area contributed by atoms with Crippen molar-refractivity contribution in [2.75, 3.05) is 24.3 Å². The number of rotatable bonds is 7. The minimum Gasteiger partial charge on any atom is -0.496 e. The zero-order valence-electron chi connectivity index (χ0n) is 16.5. The first-order chi connectivity index (χ1) is 13.6. The number of ether oxygens (including phenoxy) is 1. The molecule has 144 valence electrons. The molecule has 0 aliphatic rings. The maximum atomic E-state index is 12.6. The van der Waals surface area contributed by atoms with Gasteiger partial charge in [-0.2, -0.15) is 0 Å². The molecular weight excluding hydrogens is 350 g/mol. The highest BCUT2D eigenvalue weighted by molar-refractivity contribution is 6.05. The summed E-state index contributed by atoms with van der Waals surface area (Å²) in [7, 11) is 1.67. The second-order valence-electron chi connectivity index (χ2n) is 6.69. The number of carbonyl (C=O) groups excluding carboxylic acids is 1. The Morgan fingerprint density at radius 1 is 1.07 bits per heavy atom. The molecule has 0 unspecified atom stereocenters. The molecular formula is C23H25N3O2. The van der Waals surface area contributed by atoms with Crippen LogP contribution in [0.25, 0.3) is 0 Å². The molecule has 28 heavy (non-hydrogen) atoms. The van der Waals surface area contributed by atoms with E-state index in [1.165, 1.54) is 0 Å². The van der Waals surface area contributed by atoms with Crippen LogP contribution in [0.4, 0.5) is 11.5 Å². The summed E-state index contributed by atoms with van der Waals surface area (Å²) in [6.07, 6.45) is 2.44. The van der Waals surface area contributed by atoms with Crippen molar-refractivity contribution in [1.29, 1.82) is 0 Å². The molecule has 1 amide bonds. The van der Waals surface area contributed by atoms with Crippen LogP contribution in [0, 0.1) is 13.8 Å². The molecule has 0 bridgehead atoms. The predicted molar refractivity (Wildman–Crippen MR) is 113 cm³/mol. The largest absolute Gasteiger partial charge is 0.496 e. The molecule has 0 aliphatic carbocycles. The van der Waals surface area contributed by atoms with E-state index in [4.69, 9.17) is 4.74 Å². The van der Waals surface area contributed by atoms with E-state index in [1.807, 2.05) is 56.3 Å². The van der Waals surface area contributed by atoms with Crippen molar-refractivity contribution in [3.8, 4) is 5.75 Å². The lowest BCUT2D eigenvalue weighted by Crippen LogP contribution is -2.14. The SMILES string of the molecule is COc1ccccc1CCNc1cc(C(=O)Nc2cc(C)ccc2C)ccn1. The lowest BCUT2D eigenvalue weighted by molar-refractivity contribution is 0.102. The fourth-order valence-electron chi connectivity index (χ4n) is 2.97. The molecule has 3 aromatic rings. The normalized spacial score (nSPS) is 10.4. The third-order valence-electron chi connectivity index (χ3n) is 4.56. The zero-order chi connectivity index (χ0) is 19.9. The van der Waals surface area contributed by atoms with Crippen LogP contribution in [0.2, 0.25) is 0 Å². The van der Waals surface area contributed by atoms with Gasteiger partial charge in [-0.25, -0.2) is 4.98 Å². The van der Waals surface area contributed by atoms with Gasteiger partial charge in [0, 0.05) is 24.0 Å². The standard InChI is InChI=1S/C23H25N3O2/c1-16-8-9-17(2)20(14-16)26-23(27)19-11-13-25-22(15-19)24-12-10-18-6-4-5-7-21(18)28-3/h4-9,11,13-15H,10,12H2,1-3H3,(H,24,25)(H,26,27). The predicted octanol–water partition coefficient (Wildman–Crippen LogP) is 4.61. The van der Waals surface area contributed by atoms with Crippen molar-refractivity contribution < 1.29 is 9.53 Å². The van der Waals surface area contributed by atoms with Crippen molar-refractivity contribution in [3.05, 3.63) is 83.0 Å². The van der Waals surface area contributed by atoms with Crippen LogP contribution in [0.15, 0.2) is 60.8 Å². The van der Waals surface area contributed by atoms with Gasteiger partial charge in [-0.3, -0.25) is 4.79 Å². The second-order valence-corrected chi connectivity index (χ2v) is 6.69. The molecule has 0 saturated heterocycles. The van der Waals surface area contributed by atoms with Gasteiger partial charge < -0.3 is 15.4 Å². The number of benzene rings is 2. The highest BCUT2D eigenvalue weighted by Crippen LogP contribution is 2.19. The number of carbonyl (C=O) groups is 1. The van der Waals surface area contributed by atoms with Crippen molar-refractivity contribution in [2.45, 2.75) is 20.3 Å². The van der Waals surface area contributed by atoms with Crippen molar-refractivity contribution in [1.82, 2.24) is 4.98 Å². The molecule has 0 radical (unpaired) electrons. The van der Waals surface area contributed by atoms with Gasteiger partial charge in [-0.1, -0.05) is 30.3 Å². The van der Waals surface area contributed by atoms with Crippen LogP contribution in [0.3, 0.4) is 0 Å². The molecule has 3 rings (SSSR count). The average Bonchev–Trinajstić information content (AvgIpc) is 2.71. The number of nitrogens with zero attached hydrogens (tertiary/aromatic N) is 1. The third-order valence-corrected chi connectivity index (χ3v) is 4.56. The topological polar surface area (TPSA) is 63.2 Å². The Kier molecular flexibility index (Phi) is 6.27. The van der Waals surface area contributed by atoms with E-state index in [1.54, 1.807) is 25.4 Å². The van der Waals surface area contributed by atoms with Crippen LogP contribution >= 0.6 is 0 Å². The molecule has 1 aromatic heterocycles. The Bertz CT molecular complexity index is 970. The molecule has 0 fully saturated rings. The summed E-state index contributed by atoms with van der Waals surface area (Å²) in [6, 6.07) is 17.4. The number of anilines is 2. The van der Waals surface area contributed by atoms with E-state index in [9.17, 15) is 4.79 Å². The number of para-hydroxylation sites is 1. The summed E-state index contributed by atoms with van der Waals surface area (Å²) in [5.41, 5.74) is 4.65. The number of hydrogen-bond acceptors (Lipinski definition) is 4. The third kappa shape index (κ3) is 4.88. The van der Waals surface area contributed by atoms with Gasteiger partial charge in [0.2, 0.25) is 0 Å². The number of methoxy groups -OCH3 is 1. The number of amides is 1. The summed E-state index contributed by atoms with van der Waals surface area (Å²) in [5, 5.41) is 6.26. The highest BCUT2D eigenvalue weighted by Gasteiger charge is 2.09. The lowest BCUT2D eigenvalue weighted by atomic mass is 10.1. The summed E-state index contributed by atoms with van der Waals surface area (Å²) in [4.78, 5) is 16.9. The molecule has 1 heterocycles. The monoisotopic (exact) mass is 375 g/mol. The summed E-state index contributed by atoms with van der Waals surface area (Å²) in [5.74, 6) is 1.39. The second kappa shape index (κ2) is 9.04. The summed E-state index contributed by atoms with van der Waals surface area (Å²) < 4.78 is 5.38. The highest BCUT2D eigenvalue weighted by atomic mass is 16.5. The molecule has 0 aliphatic heterocycles. The van der Waals surface area contributed by atoms with E-state index in [0.717, 1.165) is 34.5 Å². The minimum atomic E-state index is -0.149. The molecule has 0 saturated carbocycles. The van der Waals surface area contributed by atoms with Crippen LogP contribution in [-0.2, 0) is 6.42 Å². The molecule has 5 heteroatoms. The Hall–Kier alpha value is -3.34. The molecule has 2 N–H and O–H groups in total. The van der Waals surface area contributed by atoms with E-state index >= 15 is 0 Å². The summed E-state index contributed by atoms with van der Waals surface area (Å²) >= 11 is 0. The van der Waals surface area contributed by atoms with E-state index in [2.05, 4.69) is 15.6 Å². The quantitative estimate of drug-likeness (QED) is 0.633. The Balaban J connectivity index is 1.63.